The molecule has 0 amide bonds. The summed E-state index contributed by atoms with van der Waals surface area (Å²) in [7, 11) is 0. The quantitative estimate of drug-likeness (QED) is 0.531. The van der Waals surface area contributed by atoms with Crippen molar-refractivity contribution < 1.29 is 4.79 Å². The molecule has 0 atom stereocenters. The largest absolute Gasteiger partial charge is 0.289 e. The van der Waals surface area contributed by atoms with Crippen molar-refractivity contribution in [2.45, 2.75) is 6.92 Å². The van der Waals surface area contributed by atoms with Crippen molar-refractivity contribution in [3.63, 3.8) is 0 Å². The predicted molar refractivity (Wildman–Crippen MR) is 102 cm³/mol. The Morgan fingerprint density at radius 2 is 1.50 bits per heavy atom. The van der Waals surface area contributed by atoms with Crippen molar-refractivity contribution in [3.8, 4) is 5.69 Å². The molecule has 0 aliphatic carbocycles. The highest BCUT2D eigenvalue weighted by molar-refractivity contribution is 6.11. The number of fused-ring (bicyclic) bond motifs is 1. The van der Waals surface area contributed by atoms with E-state index in [1.807, 2.05) is 42.5 Å². The van der Waals surface area contributed by atoms with Gasteiger partial charge in [0, 0.05) is 11.1 Å². The molecule has 0 unspecified atom stereocenters. The minimum atomic E-state index is -0.179. The summed E-state index contributed by atoms with van der Waals surface area (Å²) in [6, 6.07) is 23.4. The van der Waals surface area contributed by atoms with Crippen LogP contribution in [0.15, 0.2) is 83.7 Å². The lowest BCUT2D eigenvalue weighted by Crippen LogP contribution is -2.24. The normalized spacial score (nSPS) is 10.8. The summed E-state index contributed by atoms with van der Waals surface area (Å²) >= 11 is 0. The van der Waals surface area contributed by atoms with E-state index < -0.39 is 0 Å². The van der Waals surface area contributed by atoms with Crippen molar-refractivity contribution >= 4 is 16.7 Å². The number of hydrogen-bond donors (Lipinski definition) is 0. The lowest BCUT2D eigenvalue weighted by molar-refractivity contribution is 0.103. The number of carbonyl (C=O) groups is 1. The number of ketones is 1. The second-order valence-electron chi connectivity index (χ2n) is 6.03. The molecule has 1 aromatic heterocycles. The minimum absolute atomic E-state index is 0.124. The summed E-state index contributed by atoms with van der Waals surface area (Å²) in [5, 5.41) is 0.528. The molecular formula is C22H16N2O2. The SMILES string of the molecule is Cc1nc2ccccc2c(=O)n1-c1ccccc1C(=O)c1ccccc1. The van der Waals surface area contributed by atoms with Gasteiger partial charge in [-0.2, -0.15) is 0 Å². The van der Waals surface area contributed by atoms with Gasteiger partial charge in [0.25, 0.3) is 5.56 Å². The van der Waals surface area contributed by atoms with Gasteiger partial charge in [-0.25, -0.2) is 4.98 Å². The lowest BCUT2D eigenvalue weighted by Gasteiger charge is -2.14. The van der Waals surface area contributed by atoms with Gasteiger partial charge in [-0.1, -0.05) is 54.6 Å². The first-order valence-corrected chi connectivity index (χ1v) is 8.34. The molecule has 1 heterocycles. The maximum atomic E-state index is 13.1. The molecule has 4 nitrogen and oxygen atoms in total. The molecule has 0 saturated carbocycles. The Kier molecular flexibility index (Phi) is 3.93. The average Bonchev–Trinajstić information content (AvgIpc) is 2.68. The molecule has 0 bridgehead atoms. The molecule has 26 heavy (non-hydrogen) atoms. The Hall–Kier alpha value is -3.53. The van der Waals surface area contributed by atoms with Crippen LogP contribution >= 0.6 is 0 Å². The molecule has 0 fully saturated rings. The number of rotatable bonds is 3. The van der Waals surface area contributed by atoms with E-state index in [1.54, 1.807) is 43.3 Å². The average molecular weight is 340 g/mol. The third-order valence-electron chi connectivity index (χ3n) is 4.37. The standard InChI is InChI=1S/C22H16N2O2/c1-15-23-19-13-7-5-11-17(19)22(26)24(15)20-14-8-6-12-18(20)21(25)16-9-3-2-4-10-16/h2-14H,1H3. The maximum absolute atomic E-state index is 13.1. The van der Waals surface area contributed by atoms with Crippen LogP contribution in [0.4, 0.5) is 0 Å². The second-order valence-corrected chi connectivity index (χ2v) is 6.03. The molecule has 0 spiro atoms. The van der Waals surface area contributed by atoms with Crippen LogP contribution in [0.2, 0.25) is 0 Å². The fourth-order valence-corrected chi connectivity index (χ4v) is 3.13. The molecule has 4 rings (SSSR count). The first-order chi connectivity index (χ1) is 12.7. The van der Waals surface area contributed by atoms with Gasteiger partial charge in [0.05, 0.1) is 16.6 Å². The second kappa shape index (κ2) is 6.41. The van der Waals surface area contributed by atoms with Gasteiger partial charge in [-0.05, 0) is 31.2 Å². The predicted octanol–water partition coefficient (Wildman–Crippen LogP) is 3.93. The molecule has 4 aromatic rings. The summed E-state index contributed by atoms with van der Waals surface area (Å²) in [6.07, 6.45) is 0. The first-order valence-electron chi connectivity index (χ1n) is 8.34. The highest BCUT2D eigenvalue weighted by Crippen LogP contribution is 2.19. The van der Waals surface area contributed by atoms with Gasteiger partial charge >= 0.3 is 0 Å². The van der Waals surface area contributed by atoms with Crippen molar-refractivity contribution in [2.24, 2.45) is 0 Å². The van der Waals surface area contributed by atoms with Gasteiger partial charge in [-0.3, -0.25) is 14.2 Å². The van der Waals surface area contributed by atoms with Gasteiger partial charge in [-0.15, -0.1) is 0 Å². The van der Waals surface area contributed by atoms with Crippen LogP contribution in [0.5, 0.6) is 0 Å². The third kappa shape index (κ3) is 2.62. The van der Waals surface area contributed by atoms with Crippen molar-refractivity contribution in [2.75, 3.05) is 0 Å². The first kappa shape index (κ1) is 16.0. The smallest absolute Gasteiger partial charge is 0.265 e. The minimum Gasteiger partial charge on any atom is -0.289 e. The molecule has 126 valence electrons. The van der Waals surface area contributed by atoms with Crippen LogP contribution in [0.1, 0.15) is 21.7 Å². The van der Waals surface area contributed by atoms with E-state index >= 15 is 0 Å². The zero-order valence-corrected chi connectivity index (χ0v) is 14.2. The summed E-state index contributed by atoms with van der Waals surface area (Å²) in [5.74, 6) is 0.419. The number of hydrogen-bond acceptors (Lipinski definition) is 3. The maximum Gasteiger partial charge on any atom is 0.265 e. The number of carbonyl (C=O) groups excluding carboxylic acids is 1. The Balaban J connectivity index is 1.97. The van der Waals surface area contributed by atoms with Crippen LogP contribution in [0.3, 0.4) is 0 Å². The van der Waals surface area contributed by atoms with Gasteiger partial charge < -0.3 is 0 Å². The van der Waals surface area contributed by atoms with E-state index in [2.05, 4.69) is 4.98 Å². The van der Waals surface area contributed by atoms with Crippen LogP contribution in [-0.4, -0.2) is 15.3 Å². The van der Waals surface area contributed by atoms with Crippen molar-refractivity contribution in [3.05, 3.63) is 106 Å². The van der Waals surface area contributed by atoms with Gasteiger partial charge in [0.2, 0.25) is 0 Å². The van der Waals surface area contributed by atoms with Crippen LogP contribution in [0, 0.1) is 6.92 Å². The summed E-state index contributed by atoms with van der Waals surface area (Å²) in [4.78, 5) is 30.6. The Morgan fingerprint density at radius 3 is 2.31 bits per heavy atom. The van der Waals surface area contributed by atoms with E-state index in [9.17, 15) is 9.59 Å². The Bertz CT molecular complexity index is 1180. The fourth-order valence-electron chi connectivity index (χ4n) is 3.13. The topological polar surface area (TPSA) is 52.0 Å². The molecule has 0 N–H and O–H groups in total. The summed E-state index contributed by atoms with van der Waals surface area (Å²) in [6.45, 7) is 1.78. The van der Waals surface area contributed by atoms with E-state index in [0.29, 0.717) is 33.5 Å². The zero-order chi connectivity index (χ0) is 18.1. The molecule has 0 aliphatic heterocycles. The van der Waals surface area contributed by atoms with Gasteiger partial charge in [0.1, 0.15) is 5.82 Å². The van der Waals surface area contributed by atoms with Crippen LogP contribution in [-0.2, 0) is 0 Å². The van der Waals surface area contributed by atoms with E-state index in [1.165, 1.54) is 4.57 Å². The number of benzene rings is 3. The highest BCUT2D eigenvalue weighted by atomic mass is 16.1. The van der Waals surface area contributed by atoms with Crippen molar-refractivity contribution in [1.82, 2.24) is 9.55 Å². The van der Waals surface area contributed by atoms with Crippen LogP contribution < -0.4 is 5.56 Å². The zero-order valence-electron chi connectivity index (χ0n) is 14.2. The third-order valence-corrected chi connectivity index (χ3v) is 4.37. The fraction of sp³-hybridized carbons (Fsp3) is 0.0455. The molecule has 0 radical (unpaired) electrons. The lowest BCUT2D eigenvalue weighted by atomic mass is 10.0. The Labute approximate surface area is 150 Å². The number of nitrogens with zero attached hydrogens (tertiary/aromatic N) is 2. The van der Waals surface area contributed by atoms with Crippen LogP contribution in [0.25, 0.3) is 16.6 Å². The molecule has 3 aromatic carbocycles. The molecule has 0 aliphatic rings. The Morgan fingerprint density at radius 1 is 0.846 bits per heavy atom. The number of aryl methyl sites for hydroxylation is 1. The monoisotopic (exact) mass is 340 g/mol. The summed E-state index contributed by atoms with van der Waals surface area (Å²) in [5.41, 5.74) is 2.07. The van der Waals surface area contributed by atoms with E-state index in [4.69, 9.17) is 0 Å². The van der Waals surface area contributed by atoms with E-state index in [0.717, 1.165) is 0 Å². The highest BCUT2D eigenvalue weighted by Gasteiger charge is 2.17. The van der Waals surface area contributed by atoms with Gasteiger partial charge in [0.15, 0.2) is 5.78 Å². The van der Waals surface area contributed by atoms with E-state index in [-0.39, 0.29) is 11.3 Å². The number of para-hydroxylation sites is 2. The summed E-state index contributed by atoms with van der Waals surface area (Å²) < 4.78 is 1.51. The van der Waals surface area contributed by atoms with Crippen molar-refractivity contribution in [1.29, 1.82) is 0 Å². The number of aromatic nitrogens is 2. The molecule has 0 saturated heterocycles. The molecular weight excluding hydrogens is 324 g/mol. The molecule has 4 heteroatoms.